The molecule has 130 valence electrons. The molecule has 0 saturated heterocycles. The van der Waals surface area contributed by atoms with Gasteiger partial charge in [0.05, 0.1) is 62.7 Å². The van der Waals surface area contributed by atoms with E-state index in [9.17, 15) is 0 Å². The lowest BCUT2D eigenvalue weighted by Crippen LogP contribution is -1.65. The second-order valence-electron chi connectivity index (χ2n) is 3.39. The number of hydrogen-bond donors (Lipinski definition) is 3. The fourth-order valence-electron chi connectivity index (χ4n) is 0.865. The van der Waals surface area contributed by atoms with E-state index in [0.29, 0.717) is 13.1 Å². The van der Waals surface area contributed by atoms with Gasteiger partial charge in [-0.1, -0.05) is 0 Å². The Morgan fingerprint density at radius 2 is 0.800 bits per heavy atom. The maximum absolute atomic E-state index is 3.49. The van der Waals surface area contributed by atoms with Gasteiger partial charge in [0.25, 0.3) is 0 Å². The van der Waals surface area contributed by atoms with Gasteiger partial charge in [0.15, 0.2) is 0 Å². The van der Waals surface area contributed by atoms with E-state index in [1.54, 1.807) is 49.6 Å². The van der Waals surface area contributed by atoms with Crippen LogP contribution in [0.2, 0.25) is 0 Å². The number of H-pyrrole nitrogens is 3. The second-order valence-corrected chi connectivity index (χ2v) is 3.39. The summed E-state index contributed by atoms with van der Waals surface area (Å²) in [5.74, 6) is 0. The molecule has 0 fully saturated rings. The van der Waals surface area contributed by atoms with Crippen molar-refractivity contribution in [1.82, 2.24) is 46.2 Å². The average Bonchev–Trinajstić information content (AvgIpc) is 3.55. The number of nitrogens with zero attached hydrogens (tertiary/aromatic N) is 12. The van der Waals surface area contributed by atoms with Crippen LogP contribution in [0.1, 0.15) is 0 Å². The van der Waals surface area contributed by atoms with Gasteiger partial charge in [0, 0.05) is 0 Å². The Balaban J connectivity index is 0.000000156. The minimum absolute atomic E-state index is 0.667. The summed E-state index contributed by atoms with van der Waals surface area (Å²) in [6.45, 7) is 1.33. The molecule has 0 aromatic carbocycles. The first kappa shape index (κ1) is 19.0. The van der Waals surface area contributed by atoms with E-state index in [-0.39, 0.29) is 0 Å². The summed E-state index contributed by atoms with van der Waals surface area (Å²) >= 11 is 0. The Bertz CT molecular complexity index is 510. The van der Waals surface area contributed by atoms with Gasteiger partial charge in [-0.05, 0) is 10.4 Å². The largest absolute Gasteiger partial charge is 0.198 e. The van der Waals surface area contributed by atoms with E-state index >= 15 is 0 Å². The molecule has 0 amide bonds. The quantitative estimate of drug-likeness (QED) is 0.522. The molecule has 25 heavy (non-hydrogen) atoms. The molecule has 5 heterocycles. The third-order valence-corrected chi connectivity index (χ3v) is 1.71. The Morgan fingerprint density at radius 1 is 0.480 bits per heavy atom. The Morgan fingerprint density at radius 3 is 0.880 bits per heavy atom. The molecule has 0 spiro atoms. The standard InChI is InChI=1S/5C2H3N3/c5*1-2-4-5-3-1/h2*1H,2H2;3*1-2H,(H,3,4,5). The van der Waals surface area contributed by atoms with Crippen LogP contribution in [0, 0.1) is 0 Å². The van der Waals surface area contributed by atoms with Crippen molar-refractivity contribution in [2.45, 2.75) is 0 Å². The van der Waals surface area contributed by atoms with Crippen molar-refractivity contribution < 1.29 is 0 Å². The smallest absolute Gasteiger partial charge is 0.0992 e. The van der Waals surface area contributed by atoms with Crippen LogP contribution in [0.25, 0.3) is 0 Å². The summed E-state index contributed by atoms with van der Waals surface area (Å²) in [7, 11) is 0. The lowest BCUT2D eigenvalue weighted by Gasteiger charge is -1.52. The average molecular weight is 345 g/mol. The topological polar surface area (TPSA) is 199 Å². The number of aromatic nitrogens is 9. The third-order valence-electron chi connectivity index (χ3n) is 1.71. The predicted molar refractivity (Wildman–Crippen MR) is 85.6 cm³/mol. The summed E-state index contributed by atoms with van der Waals surface area (Å²) < 4.78 is 0. The normalized spacial score (nSPS) is 11.8. The highest BCUT2D eigenvalue weighted by atomic mass is 15.4. The molecule has 0 saturated carbocycles. The monoisotopic (exact) mass is 345 g/mol. The number of hydrogen-bond acceptors (Lipinski definition) is 12. The van der Waals surface area contributed by atoms with Crippen molar-refractivity contribution in [3.8, 4) is 0 Å². The van der Waals surface area contributed by atoms with Crippen LogP contribution in [0.15, 0.2) is 68.1 Å². The second kappa shape index (κ2) is 16.3. The maximum Gasteiger partial charge on any atom is 0.0992 e. The first-order valence-electron chi connectivity index (χ1n) is 6.66. The van der Waals surface area contributed by atoms with Gasteiger partial charge in [-0.15, -0.1) is 10.2 Å². The highest BCUT2D eigenvalue weighted by molar-refractivity contribution is 5.60. The number of rotatable bonds is 0. The molecule has 0 aliphatic carbocycles. The molecule has 3 aromatic heterocycles. The molecule has 0 radical (unpaired) electrons. The third kappa shape index (κ3) is 14.7. The van der Waals surface area contributed by atoms with E-state index in [4.69, 9.17) is 0 Å². The fraction of sp³-hybridized carbons (Fsp3) is 0.200. The Labute approximate surface area is 140 Å². The van der Waals surface area contributed by atoms with Crippen molar-refractivity contribution in [3.05, 3.63) is 37.2 Å². The zero-order valence-electron chi connectivity index (χ0n) is 12.9. The van der Waals surface area contributed by atoms with Crippen molar-refractivity contribution >= 4 is 12.4 Å². The van der Waals surface area contributed by atoms with Crippen LogP contribution in [-0.2, 0) is 0 Å². The summed E-state index contributed by atoms with van der Waals surface area (Å²) in [6.07, 6.45) is 12.8. The Hall–Kier alpha value is -4.04. The Kier molecular flexibility index (Phi) is 12.4. The van der Waals surface area contributed by atoms with Gasteiger partial charge >= 0.3 is 0 Å². The number of aromatic amines is 3. The molecular formula is C10H15N15. The zero-order chi connectivity index (χ0) is 17.7. The van der Waals surface area contributed by atoms with Crippen LogP contribution >= 0.6 is 0 Å². The summed E-state index contributed by atoms with van der Waals surface area (Å²) in [6, 6.07) is 0. The molecule has 0 atom stereocenters. The molecule has 0 unspecified atom stereocenters. The summed E-state index contributed by atoms with van der Waals surface area (Å²) in [5.41, 5.74) is 0. The van der Waals surface area contributed by atoms with Gasteiger partial charge in [0.1, 0.15) is 0 Å². The van der Waals surface area contributed by atoms with Crippen LogP contribution in [-0.4, -0.2) is 71.8 Å². The van der Waals surface area contributed by atoms with Crippen LogP contribution in [0.4, 0.5) is 0 Å². The SMILES string of the molecule is C1=NN=NC1.C1=NN=NC1.c1cn[nH]n1.c1cn[nH]n1.c1cn[nH]n1. The first-order chi connectivity index (χ1) is 12.5. The minimum Gasteiger partial charge on any atom is -0.198 e. The highest BCUT2D eigenvalue weighted by Gasteiger charge is 1.76. The molecule has 5 rings (SSSR count). The van der Waals surface area contributed by atoms with Crippen molar-refractivity contribution in [2.24, 2.45) is 30.9 Å². The van der Waals surface area contributed by atoms with E-state index in [0.717, 1.165) is 0 Å². The first-order valence-corrected chi connectivity index (χ1v) is 6.66. The lowest BCUT2D eigenvalue weighted by atomic mass is 10.8. The van der Waals surface area contributed by atoms with Gasteiger partial charge in [0.2, 0.25) is 0 Å². The van der Waals surface area contributed by atoms with Crippen molar-refractivity contribution in [1.29, 1.82) is 0 Å². The van der Waals surface area contributed by atoms with E-state index in [2.05, 4.69) is 77.1 Å². The fourth-order valence-corrected chi connectivity index (χ4v) is 0.865. The molecule has 2 aliphatic heterocycles. The van der Waals surface area contributed by atoms with Crippen LogP contribution in [0.3, 0.4) is 0 Å². The van der Waals surface area contributed by atoms with E-state index in [1.807, 2.05) is 0 Å². The molecule has 0 bridgehead atoms. The predicted octanol–water partition coefficient (Wildman–Crippen LogP) is 0.290. The van der Waals surface area contributed by atoms with E-state index in [1.165, 1.54) is 0 Å². The summed E-state index contributed by atoms with van der Waals surface area (Å²) in [5, 5.41) is 48.4. The van der Waals surface area contributed by atoms with Gasteiger partial charge in [-0.3, -0.25) is 0 Å². The molecular weight excluding hydrogens is 330 g/mol. The van der Waals surface area contributed by atoms with Gasteiger partial charge in [-0.2, -0.15) is 56.5 Å². The number of nitrogens with one attached hydrogen (secondary N) is 3. The minimum atomic E-state index is 0.667. The molecule has 15 heteroatoms. The maximum atomic E-state index is 3.49. The molecule has 3 aromatic rings. The van der Waals surface area contributed by atoms with Crippen molar-refractivity contribution in [3.63, 3.8) is 0 Å². The lowest BCUT2D eigenvalue weighted by molar-refractivity contribution is 0.940. The van der Waals surface area contributed by atoms with E-state index < -0.39 is 0 Å². The molecule has 3 N–H and O–H groups in total. The summed E-state index contributed by atoms with van der Waals surface area (Å²) in [4.78, 5) is 0. The van der Waals surface area contributed by atoms with Crippen LogP contribution in [0.5, 0.6) is 0 Å². The highest BCUT2D eigenvalue weighted by Crippen LogP contribution is 1.81. The van der Waals surface area contributed by atoms with Gasteiger partial charge in [-0.25, -0.2) is 0 Å². The van der Waals surface area contributed by atoms with Gasteiger partial charge < -0.3 is 0 Å². The van der Waals surface area contributed by atoms with Crippen LogP contribution < -0.4 is 0 Å². The molecule has 15 nitrogen and oxygen atoms in total. The zero-order valence-corrected chi connectivity index (χ0v) is 12.9. The molecule has 2 aliphatic rings. The van der Waals surface area contributed by atoms with Crippen molar-refractivity contribution in [2.75, 3.05) is 13.1 Å².